The number of amides is 1. The van der Waals surface area contributed by atoms with E-state index in [-0.39, 0.29) is 17.9 Å². The number of carbonyl (C=O) groups excluding carboxylic acids is 2. The maximum Gasteiger partial charge on any atom is 0.290 e. The van der Waals surface area contributed by atoms with Crippen LogP contribution >= 0.6 is 0 Å². The zero-order chi connectivity index (χ0) is 18.1. The first-order valence-electron chi connectivity index (χ1n) is 7.96. The van der Waals surface area contributed by atoms with Crippen LogP contribution in [0.2, 0.25) is 0 Å². The summed E-state index contributed by atoms with van der Waals surface area (Å²) in [6.07, 6.45) is 1.48. The van der Waals surface area contributed by atoms with Crippen molar-refractivity contribution < 1.29 is 23.5 Å². The SMILES string of the molecule is CC(C)C(=O)C1=C(O)C(=O)N(Cc2ccco2)C1c1ccc(F)cc1. The summed E-state index contributed by atoms with van der Waals surface area (Å²) in [4.78, 5) is 26.5. The van der Waals surface area contributed by atoms with Crippen LogP contribution < -0.4 is 0 Å². The first-order valence-corrected chi connectivity index (χ1v) is 7.96. The summed E-state index contributed by atoms with van der Waals surface area (Å²) in [6.45, 7) is 3.49. The summed E-state index contributed by atoms with van der Waals surface area (Å²) in [7, 11) is 0. The van der Waals surface area contributed by atoms with Gasteiger partial charge in [0.05, 0.1) is 24.4 Å². The van der Waals surface area contributed by atoms with Gasteiger partial charge in [0.1, 0.15) is 11.6 Å². The summed E-state index contributed by atoms with van der Waals surface area (Å²) in [5, 5.41) is 10.3. The lowest BCUT2D eigenvalue weighted by Crippen LogP contribution is -2.31. The molecule has 0 saturated heterocycles. The highest BCUT2D eigenvalue weighted by molar-refractivity contribution is 6.09. The average Bonchev–Trinajstić information content (AvgIpc) is 3.17. The van der Waals surface area contributed by atoms with Gasteiger partial charge in [-0.1, -0.05) is 26.0 Å². The molecule has 0 saturated carbocycles. The molecular formula is C19H18FNO4. The molecule has 0 aliphatic carbocycles. The van der Waals surface area contributed by atoms with Gasteiger partial charge in [-0.3, -0.25) is 9.59 Å². The number of nitrogens with zero attached hydrogens (tertiary/aromatic N) is 1. The van der Waals surface area contributed by atoms with Gasteiger partial charge in [-0.2, -0.15) is 0 Å². The van der Waals surface area contributed by atoms with E-state index in [1.165, 1.54) is 35.4 Å². The Morgan fingerprint density at radius 3 is 2.52 bits per heavy atom. The van der Waals surface area contributed by atoms with E-state index in [1.807, 2.05) is 0 Å². The van der Waals surface area contributed by atoms with E-state index in [2.05, 4.69) is 0 Å². The van der Waals surface area contributed by atoms with Crippen LogP contribution in [0.15, 0.2) is 58.4 Å². The van der Waals surface area contributed by atoms with Gasteiger partial charge in [0.25, 0.3) is 5.91 Å². The molecule has 1 amide bonds. The van der Waals surface area contributed by atoms with E-state index in [9.17, 15) is 19.1 Å². The summed E-state index contributed by atoms with van der Waals surface area (Å²) in [6, 6.07) is 8.15. The molecule has 1 unspecified atom stereocenters. The molecule has 1 aromatic carbocycles. The van der Waals surface area contributed by atoms with Crippen LogP contribution in [0, 0.1) is 11.7 Å². The molecule has 0 fully saturated rings. The molecule has 0 radical (unpaired) electrons. The largest absolute Gasteiger partial charge is 0.503 e. The van der Waals surface area contributed by atoms with Crippen LogP contribution in [0.5, 0.6) is 0 Å². The zero-order valence-electron chi connectivity index (χ0n) is 13.9. The van der Waals surface area contributed by atoms with Crippen molar-refractivity contribution in [1.82, 2.24) is 4.90 Å². The Labute approximate surface area is 144 Å². The molecule has 0 bridgehead atoms. The van der Waals surface area contributed by atoms with Crippen molar-refractivity contribution in [3.63, 3.8) is 0 Å². The molecule has 6 heteroatoms. The van der Waals surface area contributed by atoms with Gasteiger partial charge in [0.15, 0.2) is 11.5 Å². The minimum absolute atomic E-state index is 0.0400. The van der Waals surface area contributed by atoms with Gasteiger partial charge >= 0.3 is 0 Å². The van der Waals surface area contributed by atoms with Crippen LogP contribution in [0.1, 0.15) is 31.2 Å². The highest BCUT2D eigenvalue weighted by Gasteiger charge is 2.44. The van der Waals surface area contributed by atoms with Crippen molar-refractivity contribution in [1.29, 1.82) is 0 Å². The second kappa shape index (κ2) is 6.55. The number of aliphatic hydroxyl groups is 1. The molecular weight excluding hydrogens is 325 g/mol. The van der Waals surface area contributed by atoms with Gasteiger partial charge in [0, 0.05) is 5.92 Å². The number of rotatable bonds is 5. The van der Waals surface area contributed by atoms with Crippen molar-refractivity contribution >= 4 is 11.7 Å². The molecule has 1 aliphatic heterocycles. The van der Waals surface area contributed by atoms with Crippen molar-refractivity contribution in [2.75, 3.05) is 0 Å². The quantitative estimate of drug-likeness (QED) is 0.901. The lowest BCUT2D eigenvalue weighted by Gasteiger charge is -2.26. The minimum Gasteiger partial charge on any atom is -0.503 e. The van der Waals surface area contributed by atoms with E-state index < -0.39 is 29.4 Å². The predicted octanol–water partition coefficient (Wildman–Crippen LogP) is 3.54. The highest BCUT2D eigenvalue weighted by atomic mass is 19.1. The number of carbonyl (C=O) groups is 2. The number of aliphatic hydroxyl groups excluding tert-OH is 1. The van der Waals surface area contributed by atoms with Crippen LogP contribution in [0.25, 0.3) is 0 Å². The molecule has 3 rings (SSSR count). The minimum atomic E-state index is -0.784. The molecule has 0 spiro atoms. The van der Waals surface area contributed by atoms with Gasteiger partial charge in [-0.15, -0.1) is 0 Å². The summed E-state index contributed by atoms with van der Waals surface area (Å²) in [5.74, 6) is -1.81. The number of ketones is 1. The second-order valence-electron chi connectivity index (χ2n) is 6.25. The summed E-state index contributed by atoms with van der Waals surface area (Å²) in [5.41, 5.74) is 0.590. The number of halogens is 1. The number of Topliss-reactive ketones (excluding diaryl/α,β-unsaturated/α-hetero) is 1. The lowest BCUT2D eigenvalue weighted by atomic mass is 9.91. The molecule has 25 heavy (non-hydrogen) atoms. The third-order valence-electron chi connectivity index (χ3n) is 4.19. The number of furan rings is 1. The van der Waals surface area contributed by atoms with E-state index in [4.69, 9.17) is 4.42 Å². The van der Waals surface area contributed by atoms with Gasteiger partial charge in [-0.25, -0.2) is 4.39 Å². The number of hydrogen-bond donors (Lipinski definition) is 1. The zero-order valence-corrected chi connectivity index (χ0v) is 13.9. The monoisotopic (exact) mass is 343 g/mol. The number of benzene rings is 1. The van der Waals surface area contributed by atoms with E-state index in [0.717, 1.165) is 0 Å². The predicted molar refractivity (Wildman–Crippen MR) is 87.9 cm³/mol. The van der Waals surface area contributed by atoms with Crippen molar-refractivity contribution in [3.8, 4) is 0 Å². The van der Waals surface area contributed by atoms with Gasteiger partial charge in [-0.05, 0) is 29.8 Å². The van der Waals surface area contributed by atoms with Crippen molar-refractivity contribution in [2.45, 2.75) is 26.4 Å². The fraction of sp³-hybridized carbons (Fsp3) is 0.263. The van der Waals surface area contributed by atoms with Gasteiger partial charge < -0.3 is 14.4 Å². The molecule has 1 N–H and O–H groups in total. The normalized spacial score (nSPS) is 17.7. The Morgan fingerprint density at radius 2 is 1.96 bits per heavy atom. The Kier molecular flexibility index (Phi) is 4.44. The topological polar surface area (TPSA) is 70.8 Å². The Hall–Kier alpha value is -2.89. The maximum absolute atomic E-state index is 13.3. The first kappa shape index (κ1) is 17.0. The van der Waals surface area contributed by atoms with Crippen molar-refractivity contribution in [2.24, 2.45) is 5.92 Å². The molecule has 1 atom stereocenters. The smallest absolute Gasteiger partial charge is 0.290 e. The van der Waals surface area contributed by atoms with Crippen LogP contribution in [0.4, 0.5) is 4.39 Å². The molecule has 130 valence electrons. The third-order valence-corrected chi connectivity index (χ3v) is 4.19. The summed E-state index contributed by atoms with van der Waals surface area (Å²) < 4.78 is 18.6. The average molecular weight is 343 g/mol. The van der Waals surface area contributed by atoms with Crippen LogP contribution in [0.3, 0.4) is 0 Å². The molecule has 5 nitrogen and oxygen atoms in total. The fourth-order valence-corrected chi connectivity index (χ4v) is 2.94. The highest BCUT2D eigenvalue weighted by Crippen LogP contribution is 2.39. The number of hydrogen-bond acceptors (Lipinski definition) is 4. The molecule has 2 heterocycles. The molecule has 1 aromatic heterocycles. The van der Waals surface area contributed by atoms with Crippen LogP contribution in [-0.4, -0.2) is 21.7 Å². The van der Waals surface area contributed by atoms with E-state index >= 15 is 0 Å². The standard InChI is InChI=1S/C19H18FNO4/c1-11(2)17(22)15-16(12-5-7-13(20)8-6-12)21(19(24)18(15)23)10-14-4-3-9-25-14/h3-9,11,16,23H,10H2,1-2H3. The van der Waals surface area contributed by atoms with E-state index in [1.54, 1.807) is 26.0 Å². The first-order chi connectivity index (χ1) is 11.9. The second-order valence-corrected chi connectivity index (χ2v) is 6.25. The Balaban J connectivity index is 2.07. The lowest BCUT2D eigenvalue weighted by molar-refractivity contribution is -0.130. The van der Waals surface area contributed by atoms with E-state index in [0.29, 0.717) is 11.3 Å². The Bertz CT molecular complexity index is 822. The summed E-state index contributed by atoms with van der Waals surface area (Å²) >= 11 is 0. The molecule has 1 aliphatic rings. The van der Waals surface area contributed by atoms with Crippen molar-refractivity contribution in [3.05, 3.63) is 71.1 Å². The third kappa shape index (κ3) is 3.07. The fourth-order valence-electron chi connectivity index (χ4n) is 2.94. The van der Waals surface area contributed by atoms with Crippen LogP contribution in [-0.2, 0) is 16.1 Å². The molecule has 2 aromatic rings. The van der Waals surface area contributed by atoms with Gasteiger partial charge in [0.2, 0.25) is 0 Å². The Morgan fingerprint density at radius 1 is 1.28 bits per heavy atom. The maximum atomic E-state index is 13.3.